The van der Waals surface area contributed by atoms with Crippen LogP contribution in [0.25, 0.3) is 0 Å². The van der Waals surface area contributed by atoms with Gasteiger partial charge in [0.1, 0.15) is 17.2 Å². The third kappa shape index (κ3) is 6.05. The maximum Gasteiger partial charge on any atom is 0.127 e. The van der Waals surface area contributed by atoms with E-state index in [9.17, 15) is 0 Å². The van der Waals surface area contributed by atoms with Crippen LogP contribution in [0, 0.1) is 40.9 Å². The van der Waals surface area contributed by atoms with E-state index in [2.05, 4.69) is 72.2 Å². The van der Waals surface area contributed by atoms with Crippen LogP contribution in [0.15, 0.2) is 40.9 Å². The first kappa shape index (κ1) is 32.2. The predicted molar refractivity (Wildman–Crippen MR) is 182 cm³/mol. The van der Waals surface area contributed by atoms with Gasteiger partial charge in [0.15, 0.2) is 0 Å². The average molecular weight is 668 g/mol. The summed E-state index contributed by atoms with van der Waals surface area (Å²) in [6, 6.07) is 12.9. The van der Waals surface area contributed by atoms with Crippen LogP contribution in [0.4, 0.5) is 0 Å². The predicted octanol–water partition coefficient (Wildman–Crippen LogP) is 8.72. The van der Waals surface area contributed by atoms with Crippen molar-refractivity contribution in [3.05, 3.63) is 52.0 Å². The van der Waals surface area contributed by atoms with E-state index in [0.29, 0.717) is 17.0 Å². The van der Waals surface area contributed by atoms with Gasteiger partial charge in [0, 0.05) is 40.3 Å². The van der Waals surface area contributed by atoms with Gasteiger partial charge in [-0.25, -0.2) is 0 Å². The number of halogens is 1. The molecule has 242 valence electrons. The molecule has 0 saturated heterocycles. The van der Waals surface area contributed by atoms with E-state index in [1.54, 1.807) is 21.3 Å². The minimum atomic E-state index is 0.460. The van der Waals surface area contributed by atoms with Crippen LogP contribution in [0.2, 0.25) is 0 Å². The maximum atomic E-state index is 5.57. The minimum Gasteiger partial charge on any atom is -0.496 e. The van der Waals surface area contributed by atoms with E-state index in [4.69, 9.17) is 14.2 Å². The van der Waals surface area contributed by atoms with Crippen molar-refractivity contribution in [2.75, 3.05) is 28.4 Å². The molecule has 2 aromatic rings. The fourth-order valence-corrected chi connectivity index (χ4v) is 11.0. The number of benzene rings is 2. The summed E-state index contributed by atoms with van der Waals surface area (Å²) in [5.41, 5.74) is 3.43. The molecule has 4 atom stereocenters. The van der Waals surface area contributed by atoms with Gasteiger partial charge in [0.2, 0.25) is 0 Å². The fourth-order valence-electron chi connectivity index (χ4n) is 10.6. The Balaban J connectivity index is 0.000000156. The van der Waals surface area contributed by atoms with E-state index < -0.39 is 0 Å². The second kappa shape index (κ2) is 12.8. The summed E-state index contributed by atoms with van der Waals surface area (Å²) in [5, 5.41) is 3.78. The third-order valence-electron chi connectivity index (χ3n) is 12.9. The summed E-state index contributed by atoms with van der Waals surface area (Å²) in [5.74, 6) is 8.30. The lowest BCUT2D eigenvalue weighted by Crippen LogP contribution is -2.59. The van der Waals surface area contributed by atoms with Gasteiger partial charge >= 0.3 is 0 Å². The fraction of sp³-hybridized carbons (Fsp3) is 0.684. The molecule has 44 heavy (non-hydrogen) atoms. The zero-order valence-corrected chi connectivity index (χ0v) is 29.7. The molecule has 0 spiro atoms. The Kier molecular flexibility index (Phi) is 9.36. The molecule has 7 fully saturated rings. The standard InChI is InChI=1S/C19H26BrNO.C19H29NO2/c1-21(12-16-8-17(20)3-4-18(16)22-2)19-9-13-5-14(10-19)7-15(6-13)11-19;1-12-15-9-13(19(15,2)3)10-16(12)20-11-14-17(21-4)7-6-8-18(14)22-5/h3-4,8,13-15H,5-7,9-12H2,1-2H3;6-8,12-13,15-16,20H,9-11H2,1-5H3/t;12-,13+,15-,16-/m.0/s1. The molecule has 0 unspecified atom stereocenters. The minimum absolute atomic E-state index is 0.460. The molecule has 7 aliphatic rings. The first-order chi connectivity index (χ1) is 21.1. The Hall–Kier alpha value is -1.76. The molecule has 0 radical (unpaired) electrons. The Bertz CT molecular complexity index is 1250. The lowest BCUT2D eigenvalue weighted by Gasteiger charge is -2.62. The Labute approximate surface area is 274 Å². The monoisotopic (exact) mass is 666 g/mol. The Morgan fingerprint density at radius 3 is 1.95 bits per heavy atom. The number of rotatable bonds is 9. The van der Waals surface area contributed by atoms with Crippen molar-refractivity contribution in [3.63, 3.8) is 0 Å². The van der Waals surface area contributed by atoms with Crippen molar-refractivity contribution in [1.82, 2.24) is 10.2 Å². The Morgan fingerprint density at radius 1 is 0.841 bits per heavy atom. The number of nitrogens with one attached hydrogen (secondary N) is 1. The third-order valence-corrected chi connectivity index (χ3v) is 13.4. The van der Waals surface area contributed by atoms with Gasteiger partial charge in [-0.15, -0.1) is 0 Å². The number of hydrogen-bond acceptors (Lipinski definition) is 5. The molecule has 1 N–H and O–H groups in total. The number of ether oxygens (including phenoxy) is 3. The molecule has 6 heteroatoms. The van der Waals surface area contributed by atoms with Crippen LogP contribution in [-0.2, 0) is 13.1 Å². The summed E-state index contributed by atoms with van der Waals surface area (Å²) in [4.78, 5) is 2.65. The highest BCUT2D eigenvalue weighted by atomic mass is 79.9. The average Bonchev–Trinajstić information content (AvgIpc) is 2.99. The summed E-state index contributed by atoms with van der Waals surface area (Å²) in [7, 11) is 7.56. The smallest absolute Gasteiger partial charge is 0.127 e. The van der Waals surface area contributed by atoms with Crippen molar-refractivity contribution in [1.29, 1.82) is 0 Å². The van der Waals surface area contributed by atoms with Crippen molar-refractivity contribution in [2.24, 2.45) is 40.9 Å². The molecule has 6 bridgehead atoms. The largest absolute Gasteiger partial charge is 0.496 e. The van der Waals surface area contributed by atoms with Crippen LogP contribution in [-0.4, -0.2) is 44.9 Å². The highest BCUT2D eigenvalue weighted by Gasteiger charge is 2.56. The van der Waals surface area contributed by atoms with E-state index >= 15 is 0 Å². The molecule has 5 nitrogen and oxygen atoms in total. The number of nitrogens with zero attached hydrogens (tertiary/aromatic N) is 1. The first-order valence-corrected chi connectivity index (χ1v) is 17.8. The van der Waals surface area contributed by atoms with Gasteiger partial charge in [-0.05, 0) is 130 Å². The van der Waals surface area contributed by atoms with Gasteiger partial charge in [-0.1, -0.05) is 42.8 Å². The van der Waals surface area contributed by atoms with Gasteiger partial charge < -0.3 is 19.5 Å². The molecule has 7 saturated carbocycles. The van der Waals surface area contributed by atoms with Crippen molar-refractivity contribution in [2.45, 2.75) is 96.8 Å². The van der Waals surface area contributed by atoms with E-state index in [1.807, 2.05) is 18.2 Å². The second-order valence-corrected chi connectivity index (χ2v) is 16.5. The van der Waals surface area contributed by atoms with Gasteiger partial charge in [0.05, 0.1) is 21.3 Å². The van der Waals surface area contributed by atoms with Crippen LogP contribution >= 0.6 is 15.9 Å². The lowest BCUT2D eigenvalue weighted by molar-refractivity contribution is -0.115. The van der Waals surface area contributed by atoms with Crippen molar-refractivity contribution in [3.8, 4) is 17.2 Å². The SMILES string of the molecule is COc1ccc(Br)cc1CN(C)C12CC3CC(CC(C3)C1)C2.COc1cccc(OC)c1CN[C@H]1C[C@H]2C[C@@H]([C@@H]1C)C2(C)C. The van der Waals surface area contributed by atoms with Crippen LogP contribution < -0.4 is 19.5 Å². The summed E-state index contributed by atoms with van der Waals surface area (Å²) < 4.78 is 17.7. The molecule has 0 amide bonds. The van der Waals surface area contributed by atoms with E-state index in [-0.39, 0.29) is 0 Å². The topological polar surface area (TPSA) is 43.0 Å². The first-order valence-electron chi connectivity index (χ1n) is 17.0. The van der Waals surface area contributed by atoms with E-state index in [0.717, 1.165) is 75.9 Å². The number of hydrogen-bond donors (Lipinski definition) is 1. The van der Waals surface area contributed by atoms with Crippen molar-refractivity contribution < 1.29 is 14.2 Å². The normalized spacial score (nSPS) is 34.2. The molecule has 0 aliphatic heterocycles. The molecule has 0 aromatic heterocycles. The summed E-state index contributed by atoms with van der Waals surface area (Å²) in [6.45, 7) is 9.11. The highest BCUT2D eigenvalue weighted by molar-refractivity contribution is 9.10. The van der Waals surface area contributed by atoms with Gasteiger partial charge in [-0.3, -0.25) is 4.90 Å². The van der Waals surface area contributed by atoms with Crippen molar-refractivity contribution >= 4 is 15.9 Å². The molecule has 7 aliphatic carbocycles. The second-order valence-electron chi connectivity index (χ2n) is 15.5. The zero-order chi connectivity index (χ0) is 31.2. The van der Waals surface area contributed by atoms with Crippen LogP contribution in [0.1, 0.15) is 83.3 Å². The Morgan fingerprint density at radius 2 is 1.43 bits per heavy atom. The van der Waals surface area contributed by atoms with Gasteiger partial charge in [0.25, 0.3) is 0 Å². The molecule has 0 heterocycles. The number of methoxy groups -OCH3 is 3. The van der Waals surface area contributed by atoms with Gasteiger partial charge in [-0.2, -0.15) is 0 Å². The zero-order valence-electron chi connectivity index (χ0n) is 28.1. The van der Waals surface area contributed by atoms with Crippen LogP contribution in [0.5, 0.6) is 17.2 Å². The maximum absolute atomic E-state index is 5.57. The molecular formula is C38H55BrN2O3. The number of fused-ring (bicyclic) bond motifs is 2. The lowest BCUT2D eigenvalue weighted by atomic mass is 9.45. The quantitative estimate of drug-likeness (QED) is 0.290. The molecular weight excluding hydrogens is 612 g/mol. The summed E-state index contributed by atoms with van der Waals surface area (Å²) >= 11 is 3.61. The summed E-state index contributed by atoms with van der Waals surface area (Å²) in [6.07, 6.45) is 11.5. The molecule has 9 rings (SSSR count). The van der Waals surface area contributed by atoms with Crippen LogP contribution in [0.3, 0.4) is 0 Å². The van der Waals surface area contributed by atoms with E-state index in [1.165, 1.54) is 56.9 Å². The molecule has 2 aromatic carbocycles. The highest BCUT2D eigenvalue weighted by Crippen LogP contribution is 2.61.